The molecule has 0 atom stereocenters. The topological polar surface area (TPSA) is 67.3 Å². The Morgan fingerprint density at radius 1 is 1.11 bits per heavy atom. The molecule has 28 heavy (non-hydrogen) atoms. The Bertz CT molecular complexity index is 1110. The molecule has 2 N–H and O–H groups in total. The van der Waals surface area contributed by atoms with E-state index in [0.29, 0.717) is 13.0 Å². The minimum atomic E-state index is -0.351. The average Bonchev–Trinajstić information content (AvgIpc) is 3.15. The summed E-state index contributed by atoms with van der Waals surface area (Å²) in [5.74, 6) is 0.866. The molecule has 4 rings (SSSR count). The van der Waals surface area contributed by atoms with Crippen LogP contribution in [-0.4, -0.2) is 41.6 Å². The van der Waals surface area contributed by atoms with Crippen LogP contribution in [0.15, 0.2) is 48.1 Å². The second-order valence-electron chi connectivity index (χ2n) is 6.68. The van der Waals surface area contributed by atoms with E-state index in [9.17, 15) is 0 Å². The summed E-state index contributed by atoms with van der Waals surface area (Å²) < 4.78 is 7.11. The molecule has 0 aliphatic rings. The fraction of sp³-hybridized carbons (Fsp3) is 0.238. The molecule has 7 heteroatoms. The monoisotopic (exact) mass is 411 g/mol. The molecule has 0 aliphatic heterocycles. The Balaban J connectivity index is 1.72. The number of fused-ring (bicyclic) bond motifs is 2. The van der Waals surface area contributed by atoms with Gasteiger partial charge in [-0.05, 0) is 43.7 Å². The second-order valence-corrected chi connectivity index (χ2v) is 9.83. The fourth-order valence-electron chi connectivity index (χ4n) is 3.07. The highest BCUT2D eigenvalue weighted by Crippen LogP contribution is 2.35. The van der Waals surface area contributed by atoms with Gasteiger partial charge in [0.05, 0.1) is 27.9 Å². The molecule has 0 bridgehead atoms. The number of anilines is 2. The molecular weight excluding hydrogens is 389 g/mol. The molecule has 0 amide bonds. The maximum Gasteiger partial charge on any atom is 0.129 e. The van der Waals surface area contributed by atoms with Gasteiger partial charge in [-0.1, -0.05) is 7.92 Å². The number of hydrogen-bond donors (Lipinski definition) is 2. The molecule has 5 nitrogen and oxygen atoms in total. The summed E-state index contributed by atoms with van der Waals surface area (Å²) in [6.45, 7) is 5.07. The lowest BCUT2D eigenvalue weighted by molar-refractivity contribution is 0.234. The van der Waals surface area contributed by atoms with Crippen LogP contribution in [0.2, 0.25) is 0 Å². The van der Waals surface area contributed by atoms with Crippen LogP contribution in [0, 0.1) is 0 Å². The molecule has 0 saturated heterocycles. The maximum atomic E-state index is 9.02. The van der Waals surface area contributed by atoms with Crippen molar-refractivity contribution in [1.29, 1.82) is 0 Å². The summed E-state index contributed by atoms with van der Waals surface area (Å²) >= 11 is 1.64. The number of aromatic nitrogens is 2. The number of pyridine rings is 1. The Hall–Kier alpha value is -2.27. The first kappa shape index (κ1) is 19.1. The van der Waals surface area contributed by atoms with Gasteiger partial charge in [-0.15, -0.1) is 11.3 Å². The summed E-state index contributed by atoms with van der Waals surface area (Å²) in [4.78, 5) is 8.94. The summed E-state index contributed by atoms with van der Waals surface area (Å²) in [6, 6.07) is 12.4. The summed E-state index contributed by atoms with van der Waals surface area (Å²) in [5.41, 5.74) is 5.77. The first-order chi connectivity index (χ1) is 13.7. The number of ether oxygens (including phenoxy) is 1. The zero-order valence-corrected chi connectivity index (χ0v) is 17.6. The minimum Gasteiger partial charge on any atom is -0.493 e. The van der Waals surface area contributed by atoms with Crippen molar-refractivity contribution in [3.8, 4) is 5.75 Å². The number of nitrogens with one attached hydrogen (secondary N) is 1. The van der Waals surface area contributed by atoms with Gasteiger partial charge in [0.15, 0.2) is 0 Å². The van der Waals surface area contributed by atoms with E-state index in [-0.39, 0.29) is 14.5 Å². The van der Waals surface area contributed by atoms with Crippen LogP contribution in [0.4, 0.5) is 11.4 Å². The largest absolute Gasteiger partial charge is 0.493 e. The van der Waals surface area contributed by atoms with E-state index in [1.165, 1.54) is 10.0 Å². The average molecular weight is 411 g/mol. The van der Waals surface area contributed by atoms with Crippen molar-refractivity contribution in [2.45, 2.75) is 6.42 Å². The standard InChI is InChI=1S/C21H22N3O2PS/c1-27(2)20-11-15-16(24-14-4-5-21-18(10-14)23-13-28-21)6-7-22-17(15)12-19(20)26-9-3-8-25/h4-7,10-13,25H,3,8-9H2,1-2H3,(H,22,24). The Morgan fingerprint density at radius 3 is 2.82 bits per heavy atom. The highest BCUT2D eigenvalue weighted by molar-refractivity contribution is 7.64. The molecule has 4 aromatic rings. The van der Waals surface area contributed by atoms with E-state index in [2.05, 4.69) is 52.9 Å². The Morgan fingerprint density at radius 2 is 2.00 bits per heavy atom. The number of rotatable bonds is 7. The van der Waals surface area contributed by atoms with Crippen LogP contribution in [0.1, 0.15) is 6.42 Å². The molecule has 0 saturated carbocycles. The number of thiazole rings is 1. The van der Waals surface area contributed by atoms with Crippen LogP contribution in [-0.2, 0) is 0 Å². The molecule has 2 aromatic carbocycles. The van der Waals surface area contributed by atoms with Crippen molar-refractivity contribution in [1.82, 2.24) is 9.97 Å². The zero-order chi connectivity index (χ0) is 19.5. The van der Waals surface area contributed by atoms with Crippen LogP contribution in [0.3, 0.4) is 0 Å². The lowest BCUT2D eigenvalue weighted by Crippen LogP contribution is -2.10. The normalized spacial score (nSPS) is 11.4. The molecule has 0 spiro atoms. The number of nitrogens with zero attached hydrogens (tertiary/aromatic N) is 2. The van der Waals surface area contributed by atoms with E-state index < -0.39 is 0 Å². The lowest BCUT2D eigenvalue weighted by atomic mass is 10.1. The molecule has 144 valence electrons. The van der Waals surface area contributed by atoms with E-state index in [1.807, 2.05) is 23.8 Å². The fourth-order valence-corrected chi connectivity index (χ4v) is 4.69. The number of aliphatic hydroxyl groups excluding tert-OH is 1. The van der Waals surface area contributed by atoms with Crippen LogP contribution < -0.4 is 15.4 Å². The zero-order valence-electron chi connectivity index (χ0n) is 15.8. The van der Waals surface area contributed by atoms with Crippen molar-refractivity contribution in [3.63, 3.8) is 0 Å². The molecule has 2 heterocycles. The maximum absolute atomic E-state index is 9.02. The molecule has 0 radical (unpaired) electrons. The quantitative estimate of drug-likeness (QED) is 0.340. The van der Waals surface area contributed by atoms with Gasteiger partial charge in [-0.2, -0.15) is 0 Å². The SMILES string of the molecule is CP(C)c1cc2c(Nc3ccc4scnc4c3)ccnc2cc1OCCCO. The minimum absolute atomic E-state index is 0.131. The van der Waals surface area contributed by atoms with Crippen LogP contribution in [0.25, 0.3) is 21.1 Å². The van der Waals surface area contributed by atoms with Gasteiger partial charge >= 0.3 is 0 Å². The highest BCUT2D eigenvalue weighted by Gasteiger charge is 2.13. The number of hydrogen-bond acceptors (Lipinski definition) is 6. The second kappa shape index (κ2) is 8.39. The third-order valence-electron chi connectivity index (χ3n) is 4.47. The number of aliphatic hydroxyl groups is 1. The first-order valence-corrected chi connectivity index (χ1v) is 12.2. The van der Waals surface area contributed by atoms with Gasteiger partial charge in [-0.3, -0.25) is 4.98 Å². The van der Waals surface area contributed by atoms with Gasteiger partial charge < -0.3 is 15.2 Å². The lowest BCUT2D eigenvalue weighted by Gasteiger charge is -2.17. The first-order valence-electron chi connectivity index (χ1n) is 9.10. The van der Waals surface area contributed by atoms with Crippen molar-refractivity contribution >= 4 is 57.1 Å². The van der Waals surface area contributed by atoms with E-state index in [0.717, 1.165) is 33.5 Å². The van der Waals surface area contributed by atoms with Gasteiger partial charge in [-0.25, -0.2) is 4.98 Å². The van der Waals surface area contributed by atoms with Crippen molar-refractivity contribution < 1.29 is 9.84 Å². The molecule has 0 aliphatic carbocycles. The van der Waals surface area contributed by atoms with Gasteiger partial charge in [0.1, 0.15) is 5.75 Å². The molecule has 0 fully saturated rings. The van der Waals surface area contributed by atoms with E-state index >= 15 is 0 Å². The van der Waals surface area contributed by atoms with Gasteiger partial charge in [0.2, 0.25) is 0 Å². The molecule has 2 aromatic heterocycles. The molecule has 0 unspecified atom stereocenters. The van der Waals surface area contributed by atoms with Crippen molar-refractivity contribution in [2.75, 3.05) is 31.9 Å². The van der Waals surface area contributed by atoms with Crippen molar-refractivity contribution in [3.05, 3.63) is 48.1 Å². The van der Waals surface area contributed by atoms with Crippen LogP contribution in [0.5, 0.6) is 5.75 Å². The van der Waals surface area contributed by atoms with Gasteiger partial charge in [0, 0.05) is 47.4 Å². The molecular formula is C21H22N3O2PS. The predicted molar refractivity (Wildman–Crippen MR) is 120 cm³/mol. The smallest absolute Gasteiger partial charge is 0.129 e. The summed E-state index contributed by atoms with van der Waals surface area (Å²) in [7, 11) is -0.351. The third kappa shape index (κ3) is 3.95. The van der Waals surface area contributed by atoms with E-state index in [1.54, 1.807) is 11.3 Å². The summed E-state index contributed by atoms with van der Waals surface area (Å²) in [5, 5.41) is 14.8. The predicted octanol–water partition coefficient (Wildman–Crippen LogP) is 4.72. The van der Waals surface area contributed by atoms with Crippen molar-refractivity contribution in [2.24, 2.45) is 0 Å². The summed E-state index contributed by atoms with van der Waals surface area (Å²) in [6.07, 6.45) is 2.43. The number of benzene rings is 2. The Kier molecular flexibility index (Phi) is 5.72. The van der Waals surface area contributed by atoms with Crippen LogP contribution >= 0.6 is 19.3 Å². The van der Waals surface area contributed by atoms with Gasteiger partial charge in [0.25, 0.3) is 0 Å². The highest BCUT2D eigenvalue weighted by atomic mass is 32.1. The Labute approximate surface area is 169 Å². The third-order valence-corrected chi connectivity index (χ3v) is 6.60. The van der Waals surface area contributed by atoms with E-state index in [4.69, 9.17) is 9.84 Å².